The van der Waals surface area contributed by atoms with Crippen LogP contribution < -0.4 is 11.1 Å². The third-order valence-corrected chi connectivity index (χ3v) is 3.23. The molecule has 0 aliphatic carbocycles. The van der Waals surface area contributed by atoms with Crippen LogP contribution in [0.3, 0.4) is 0 Å². The maximum Gasteiger partial charge on any atom is 0.224 e. The molecule has 0 aliphatic rings. The molecule has 0 fully saturated rings. The Kier molecular flexibility index (Phi) is 6.11. The van der Waals surface area contributed by atoms with Gasteiger partial charge in [0.2, 0.25) is 5.91 Å². The Labute approximate surface area is 101 Å². The molecule has 0 saturated heterocycles. The van der Waals surface area contributed by atoms with E-state index < -0.39 is 0 Å². The molecule has 1 unspecified atom stereocenters. The summed E-state index contributed by atoms with van der Waals surface area (Å²) in [6.45, 7) is 2.66. The Morgan fingerprint density at radius 3 is 3.00 bits per heavy atom. The molecule has 1 heterocycles. The van der Waals surface area contributed by atoms with Gasteiger partial charge in [-0.1, -0.05) is 19.8 Å². The van der Waals surface area contributed by atoms with E-state index in [4.69, 9.17) is 5.73 Å². The molecule has 4 heteroatoms. The quantitative estimate of drug-likeness (QED) is 0.765. The molecule has 0 aromatic carbocycles. The lowest BCUT2D eigenvalue weighted by Crippen LogP contribution is -2.40. The van der Waals surface area contributed by atoms with E-state index in [1.165, 1.54) is 0 Å². The van der Waals surface area contributed by atoms with Crippen LogP contribution in [0.5, 0.6) is 0 Å². The predicted octanol–water partition coefficient (Wildman–Crippen LogP) is 1.92. The minimum absolute atomic E-state index is 0.0740. The van der Waals surface area contributed by atoms with Crippen molar-refractivity contribution in [3.8, 4) is 0 Å². The highest BCUT2D eigenvalue weighted by atomic mass is 32.1. The molecule has 0 spiro atoms. The van der Waals surface area contributed by atoms with E-state index in [0.717, 1.165) is 24.8 Å². The van der Waals surface area contributed by atoms with Gasteiger partial charge >= 0.3 is 0 Å². The third kappa shape index (κ3) is 4.77. The van der Waals surface area contributed by atoms with Crippen LogP contribution >= 0.6 is 11.3 Å². The molecule has 1 rings (SSSR count). The van der Waals surface area contributed by atoms with Gasteiger partial charge in [0.05, 0.1) is 6.42 Å². The maximum absolute atomic E-state index is 11.7. The van der Waals surface area contributed by atoms with Crippen LogP contribution in [-0.2, 0) is 11.2 Å². The Bertz CT molecular complexity index is 298. The van der Waals surface area contributed by atoms with Crippen molar-refractivity contribution >= 4 is 17.2 Å². The first kappa shape index (κ1) is 13.2. The molecule has 0 bridgehead atoms. The van der Waals surface area contributed by atoms with Crippen molar-refractivity contribution in [1.82, 2.24) is 5.32 Å². The van der Waals surface area contributed by atoms with E-state index in [1.54, 1.807) is 11.3 Å². The standard InChI is InChI=1S/C12H20N2OS/c1-2-3-4-11(8-13)14-12(15)7-10-5-6-16-9-10/h5-6,9,11H,2-4,7-8,13H2,1H3,(H,14,15). The van der Waals surface area contributed by atoms with Gasteiger partial charge in [-0.25, -0.2) is 0 Å². The van der Waals surface area contributed by atoms with Gasteiger partial charge in [-0.2, -0.15) is 11.3 Å². The van der Waals surface area contributed by atoms with Gasteiger partial charge in [0.25, 0.3) is 0 Å². The highest BCUT2D eigenvalue weighted by Gasteiger charge is 2.10. The van der Waals surface area contributed by atoms with Gasteiger partial charge in [-0.15, -0.1) is 0 Å². The molecule has 3 nitrogen and oxygen atoms in total. The first-order chi connectivity index (χ1) is 7.76. The number of hydrogen-bond acceptors (Lipinski definition) is 3. The predicted molar refractivity (Wildman–Crippen MR) is 68.5 cm³/mol. The smallest absolute Gasteiger partial charge is 0.224 e. The number of nitrogens with two attached hydrogens (primary N) is 1. The average molecular weight is 240 g/mol. The Hall–Kier alpha value is -0.870. The molecule has 0 saturated carbocycles. The van der Waals surface area contributed by atoms with E-state index in [0.29, 0.717) is 13.0 Å². The van der Waals surface area contributed by atoms with Crippen molar-refractivity contribution in [3.63, 3.8) is 0 Å². The summed E-state index contributed by atoms with van der Waals surface area (Å²) in [5.74, 6) is 0.0740. The molecule has 3 N–H and O–H groups in total. The summed E-state index contributed by atoms with van der Waals surface area (Å²) >= 11 is 1.62. The fourth-order valence-corrected chi connectivity index (χ4v) is 2.23. The maximum atomic E-state index is 11.7. The normalized spacial score (nSPS) is 12.4. The fraction of sp³-hybridized carbons (Fsp3) is 0.583. The van der Waals surface area contributed by atoms with Crippen LogP contribution in [0.2, 0.25) is 0 Å². The summed E-state index contributed by atoms with van der Waals surface area (Å²) in [5.41, 5.74) is 6.70. The zero-order valence-electron chi connectivity index (χ0n) is 9.74. The molecule has 1 atom stereocenters. The van der Waals surface area contributed by atoms with Crippen molar-refractivity contribution in [1.29, 1.82) is 0 Å². The number of unbranched alkanes of at least 4 members (excludes halogenated alkanes) is 1. The summed E-state index contributed by atoms with van der Waals surface area (Å²) in [4.78, 5) is 11.7. The fourth-order valence-electron chi connectivity index (χ4n) is 1.56. The van der Waals surface area contributed by atoms with Gasteiger partial charge in [0.1, 0.15) is 0 Å². The summed E-state index contributed by atoms with van der Waals surface area (Å²) in [7, 11) is 0. The minimum Gasteiger partial charge on any atom is -0.352 e. The van der Waals surface area contributed by atoms with Gasteiger partial charge in [0.15, 0.2) is 0 Å². The van der Waals surface area contributed by atoms with Gasteiger partial charge < -0.3 is 11.1 Å². The Morgan fingerprint density at radius 1 is 1.62 bits per heavy atom. The van der Waals surface area contributed by atoms with E-state index >= 15 is 0 Å². The van der Waals surface area contributed by atoms with Gasteiger partial charge in [-0.05, 0) is 28.8 Å². The molecule has 1 amide bonds. The van der Waals surface area contributed by atoms with Crippen molar-refractivity contribution in [2.75, 3.05) is 6.54 Å². The van der Waals surface area contributed by atoms with Crippen LogP contribution in [0.15, 0.2) is 16.8 Å². The first-order valence-corrected chi connectivity index (χ1v) is 6.71. The van der Waals surface area contributed by atoms with Crippen molar-refractivity contribution < 1.29 is 4.79 Å². The second kappa shape index (κ2) is 7.41. The number of amides is 1. The number of rotatable bonds is 7. The highest BCUT2D eigenvalue weighted by molar-refractivity contribution is 7.07. The molecule has 16 heavy (non-hydrogen) atoms. The number of carbonyl (C=O) groups excluding carboxylic acids is 1. The largest absolute Gasteiger partial charge is 0.352 e. The second-order valence-electron chi connectivity index (χ2n) is 3.95. The monoisotopic (exact) mass is 240 g/mol. The Morgan fingerprint density at radius 2 is 2.44 bits per heavy atom. The summed E-state index contributed by atoms with van der Waals surface area (Å²) in [6.07, 6.45) is 3.69. The first-order valence-electron chi connectivity index (χ1n) is 5.76. The number of hydrogen-bond donors (Lipinski definition) is 2. The SMILES string of the molecule is CCCCC(CN)NC(=O)Cc1ccsc1. The number of carbonyl (C=O) groups is 1. The van der Waals surface area contributed by atoms with Gasteiger partial charge in [-0.3, -0.25) is 4.79 Å². The molecular formula is C12H20N2OS. The van der Waals surface area contributed by atoms with Crippen LogP contribution in [-0.4, -0.2) is 18.5 Å². The Balaban J connectivity index is 2.31. The molecule has 90 valence electrons. The molecule has 0 radical (unpaired) electrons. The lowest BCUT2D eigenvalue weighted by molar-refractivity contribution is -0.121. The second-order valence-corrected chi connectivity index (χ2v) is 4.73. The van der Waals surface area contributed by atoms with Crippen molar-refractivity contribution in [2.24, 2.45) is 5.73 Å². The van der Waals surface area contributed by atoms with Crippen LogP contribution in [0.25, 0.3) is 0 Å². The van der Waals surface area contributed by atoms with Crippen molar-refractivity contribution in [2.45, 2.75) is 38.6 Å². The van der Waals surface area contributed by atoms with Gasteiger partial charge in [0, 0.05) is 12.6 Å². The van der Waals surface area contributed by atoms with Crippen LogP contribution in [0.1, 0.15) is 31.7 Å². The average Bonchev–Trinajstić information content (AvgIpc) is 2.76. The number of thiophene rings is 1. The van der Waals surface area contributed by atoms with Crippen LogP contribution in [0, 0.1) is 0 Å². The topological polar surface area (TPSA) is 55.1 Å². The zero-order valence-corrected chi connectivity index (χ0v) is 10.6. The van der Waals surface area contributed by atoms with E-state index in [-0.39, 0.29) is 11.9 Å². The highest BCUT2D eigenvalue weighted by Crippen LogP contribution is 2.07. The van der Waals surface area contributed by atoms with Crippen molar-refractivity contribution in [3.05, 3.63) is 22.4 Å². The molecular weight excluding hydrogens is 220 g/mol. The lowest BCUT2D eigenvalue weighted by Gasteiger charge is -2.16. The molecule has 1 aromatic heterocycles. The molecule has 0 aliphatic heterocycles. The zero-order chi connectivity index (χ0) is 11.8. The third-order valence-electron chi connectivity index (χ3n) is 2.50. The van der Waals surface area contributed by atoms with E-state index in [1.807, 2.05) is 16.8 Å². The summed E-state index contributed by atoms with van der Waals surface area (Å²) in [6, 6.07) is 2.11. The number of nitrogens with one attached hydrogen (secondary N) is 1. The summed E-state index contributed by atoms with van der Waals surface area (Å²) < 4.78 is 0. The van der Waals surface area contributed by atoms with E-state index in [2.05, 4.69) is 12.2 Å². The lowest BCUT2D eigenvalue weighted by atomic mass is 10.1. The minimum atomic E-state index is 0.0740. The molecule has 1 aromatic rings. The van der Waals surface area contributed by atoms with E-state index in [9.17, 15) is 4.79 Å². The van der Waals surface area contributed by atoms with Crippen LogP contribution in [0.4, 0.5) is 0 Å². The summed E-state index contributed by atoms with van der Waals surface area (Å²) in [5, 5.41) is 6.97.